The average Bonchev–Trinajstić information content (AvgIpc) is 3.52. The normalized spacial score (nSPS) is 19.1. The van der Waals surface area contributed by atoms with Crippen molar-refractivity contribution in [2.24, 2.45) is 5.73 Å². The van der Waals surface area contributed by atoms with Gasteiger partial charge in [0.1, 0.15) is 16.8 Å². The van der Waals surface area contributed by atoms with Gasteiger partial charge in [0, 0.05) is 38.4 Å². The van der Waals surface area contributed by atoms with E-state index in [1.165, 1.54) is 18.9 Å². The molecule has 2 saturated heterocycles. The smallest absolute Gasteiger partial charge is 0.256 e. The first-order valence-electron chi connectivity index (χ1n) is 12.2. The largest absolute Gasteiger partial charge is 0.451 e. The van der Waals surface area contributed by atoms with Crippen molar-refractivity contribution >= 4 is 22.5 Å². The Morgan fingerprint density at radius 2 is 2.00 bits per heavy atom. The molecule has 2 aromatic carbocycles. The number of amides is 1. The molecule has 3 N–H and O–H groups in total. The van der Waals surface area contributed by atoms with Crippen LogP contribution in [0.2, 0.25) is 0 Å². The number of nitrogens with two attached hydrogens (primary N) is 1. The third-order valence-corrected chi connectivity index (χ3v) is 7.21. The van der Waals surface area contributed by atoms with Crippen LogP contribution in [0.25, 0.3) is 16.6 Å². The van der Waals surface area contributed by atoms with E-state index >= 15 is 4.39 Å². The summed E-state index contributed by atoms with van der Waals surface area (Å²) < 4.78 is 23.5. The molecular formula is C26H28FN5O3. The second-order valence-electron chi connectivity index (χ2n) is 9.54. The van der Waals surface area contributed by atoms with Gasteiger partial charge >= 0.3 is 0 Å². The summed E-state index contributed by atoms with van der Waals surface area (Å²) in [6.07, 6.45) is 4.64. The van der Waals surface area contributed by atoms with Crippen LogP contribution in [0.3, 0.4) is 0 Å². The molecule has 35 heavy (non-hydrogen) atoms. The minimum Gasteiger partial charge on any atom is -0.451 e. The maximum atomic E-state index is 15.5. The molecule has 182 valence electrons. The van der Waals surface area contributed by atoms with Crippen LogP contribution >= 0.6 is 0 Å². The van der Waals surface area contributed by atoms with Gasteiger partial charge in [0.05, 0.1) is 11.1 Å². The zero-order chi connectivity index (χ0) is 24.1. The summed E-state index contributed by atoms with van der Waals surface area (Å²) in [5.41, 5.74) is 7.00. The van der Waals surface area contributed by atoms with E-state index in [4.69, 9.17) is 10.5 Å². The minimum absolute atomic E-state index is 0.0167. The van der Waals surface area contributed by atoms with Crippen LogP contribution < -0.4 is 26.1 Å². The molecule has 2 fully saturated rings. The number of halogens is 1. The van der Waals surface area contributed by atoms with E-state index < -0.39 is 17.2 Å². The number of ether oxygens (including phenoxy) is 1. The summed E-state index contributed by atoms with van der Waals surface area (Å²) in [7, 11) is 0. The zero-order valence-corrected chi connectivity index (χ0v) is 19.4. The highest BCUT2D eigenvalue weighted by Gasteiger charge is 2.32. The topological polar surface area (TPSA) is 92.8 Å². The molecule has 0 aliphatic carbocycles. The first kappa shape index (κ1) is 22.1. The number of rotatable bonds is 5. The maximum Gasteiger partial charge on any atom is 0.256 e. The molecule has 0 unspecified atom stereocenters. The Kier molecular flexibility index (Phi) is 5.46. The summed E-state index contributed by atoms with van der Waals surface area (Å²) in [5.74, 6) is -0.205. The molecule has 0 spiro atoms. The SMILES string of the molecule is N[C@@H]1CCN(c2c(F)cc3c(=O)c(C(=O)NCCN4CCCC4)cn4c3c2Oc2ccccc2-4)C1. The van der Waals surface area contributed by atoms with Gasteiger partial charge in [-0.05, 0) is 50.6 Å². The number of hydrogen-bond donors (Lipinski definition) is 2. The fourth-order valence-electron chi connectivity index (χ4n) is 5.43. The van der Waals surface area contributed by atoms with Crippen LogP contribution in [0.1, 0.15) is 29.6 Å². The van der Waals surface area contributed by atoms with Crippen LogP contribution in [-0.2, 0) is 0 Å². The Morgan fingerprint density at radius 1 is 1.20 bits per heavy atom. The monoisotopic (exact) mass is 477 g/mol. The van der Waals surface area contributed by atoms with Gasteiger partial charge in [0.2, 0.25) is 5.43 Å². The molecule has 9 heteroatoms. The lowest BCUT2D eigenvalue weighted by atomic mass is 10.1. The fourth-order valence-corrected chi connectivity index (χ4v) is 5.43. The number of carbonyl (C=O) groups is 1. The summed E-state index contributed by atoms with van der Waals surface area (Å²) in [4.78, 5) is 30.7. The third kappa shape index (κ3) is 3.75. The van der Waals surface area contributed by atoms with Crippen LogP contribution in [0.5, 0.6) is 11.5 Å². The van der Waals surface area contributed by atoms with Crippen molar-refractivity contribution in [3.05, 3.63) is 58.1 Å². The number of benzene rings is 2. The quantitative estimate of drug-likeness (QED) is 0.459. The van der Waals surface area contributed by atoms with Gasteiger partial charge in [-0.1, -0.05) is 12.1 Å². The highest BCUT2D eigenvalue weighted by atomic mass is 19.1. The van der Waals surface area contributed by atoms with Crippen molar-refractivity contribution in [2.45, 2.75) is 25.3 Å². The lowest BCUT2D eigenvalue weighted by Gasteiger charge is -2.29. The Labute approximate surface area is 202 Å². The lowest BCUT2D eigenvalue weighted by Crippen LogP contribution is -2.36. The van der Waals surface area contributed by atoms with Crippen LogP contribution in [0, 0.1) is 5.82 Å². The van der Waals surface area contributed by atoms with Crippen molar-refractivity contribution in [2.75, 3.05) is 44.2 Å². The molecule has 3 aliphatic rings. The lowest BCUT2D eigenvalue weighted by molar-refractivity contribution is 0.0948. The summed E-state index contributed by atoms with van der Waals surface area (Å²) in [6.45, 7) is 4.35. The van der Waals surface area contributed by atoms with E-state index in [2.05, 4.69) is 10.2 Å². The molecule has 0 radical (unpaired) electrons. The van der Waals surface area contributed by atoms with E-state index in [9.17, 15) is 9.59 Å². The number of likely N-dealkylation sites (tertiary alicyclic amines) is 1. The molecule has 1 amide bonds. The predicted molar refractivity (Wildman–Crippen MR) is 132 cm³/mol. The number of nitrogens with one attached hydrogen (secondary N) is 1. The Hall–Kier alpha value is -3.43. The van der Waals surface area contributed by atoms with Crippen molar-refractivity contribution in [1.82, 2.24) is 14.8 Å². The molecule has 1 aromatic heterocycles. The molecular weight excluding hydrogens is 449 g/mol. The molecule has 1 atom stereocenters. The number of para-hydroxylation sites is 2. The number of carbonyl (C=O) groups excluding carboxylic acids is 1. The van der Waals surface area contributed by atoms with Gasteiger partial charge in [-0.25, -0.2) is 4.39 Å². The maximum absolute atomic E-state index is 15.5. The minimum atomic E-state index is -0.559. The molecule has 3 aliphatic heterocycles. The predicted octanol–water partition coefficient (Wildman–Crippen LogP) is 2.60. The van der Waals surface area contributed by atoms with Gasteiger partial charge in [-0.3, -0.25) is 9.59 Å². The number of pyridine rings is 1. The third-order valence-electron chi connectivity index (χ3n) is 7.21. The standard InChI is InChI=1S/C26H28FN5O3/c27-19-13-17-22-25(23(19)31-11-7-16(28)14-31)35-21-6-2-1-5-20(21)32(22)15-18(24(17)33)26(34)29-8-12-30-9-3-4-10-30/h1-2,5-6,13,15-16H,3-4,7-12,14,28H2,(H,29,34)/t16-/m1/s1. The summed E-state index contributed by atoms with van der Waals surface area (Å²) in [6, 6.07) is 8.52. The molecule has 0 saturated carbocycles. The Morgan fingerprint density at radius 3 is 2.77 bits per heavy atom. The van der Waals surface area contributed by atoms with Crippen LogP contribution in [0.15, 0.2) is 41.3 Å². The average molecular weight is 478 g/mol. The summed E-state index contributed by atoms with van der Waals surface area (Å²) in [5, 5.41) is 2.99. The van der Waals surface area contributed by atoms with E-state index in [0.29, 0.717) is 42.3 Å². The highest BCUT2D eigenvalue weighted by Crippen LogP contribution is 2.46. The Balaban J connectivity index is 1.46. The van der Waals surface area contributed by atoms with E-state index in [-0.39, 0.29) is 22.7 Å². The fraction of sp³-hybridized carbons (Fsp3) is 0.385. The van der Waals surface area contributed by atoms with Crippen molar-refractivity contribution < 1.29 is 13.9 Å². The number of aromatic nitrogens is 1. The molecule has 3 aromatic rings. The van der Waals surface area contributed by atoms with E-state index in [0.717, 1.165) is 26.1 Å². The van der Waals surface area contributed by atoms with Gasteiger partial charge in [0.25, 0.3) is 5.91 Å². The number of fused-ring (bicyclic) bond motifs is 2. The number of hydrogen-bond acceptors (Lipinski definition) is 6. The van der Waals surface area contributed by atoms with Gasteiger partial charge in [-0.2, -0.15) is 0 Å². The molecule has 0 bridgehead atoms. The number of anilines is 1. The first-order valence-corrected chi connectivity index (χ1v) is 12.2. The van der Waals surface area contributed by atoms with Gasteiger partial charge < -0.3 is 30.2 Å². The van der Waals surface area contributed by atoms with Crippen molar-refractivity contribution in [3.8, 4) is 17.2 Å². The zero-order valence-electron chi connectivity index (χ0n) is 19.4. The Bertz CT molecular complexity index is 1380. The van der Waals surface area contributed by atoms with E-state index in [1.54, 1.807) is 16.8 Å². The van der Waals surface area contributed by atoms with Crippen molar-refractivity contribution in [1.29, 1.82) is 0 Å². The summed E-state index contributed by atoms with van der Waals surface area (Å²) >= 11 is 0. The first-order chi connectivity index (χ1) is 17.0. The van der Waals surface area contributed by atoms with Gasteiger partial charge in [-0.15, -0.1) is 0 Å². The molecule has 6 rings (SSSR count). The van der Waals surface area contributed by atoms with Crippen LogP contribution in [0.4, 0.5) is 10.1 Å². The second-order valence-corrected chi connectivity index (χ2v) is 9.54. The second kappa shape index (κ2) is 8.66. The highest BCUT2D eigenvalue weighted by molar-refractivity contribution is 6.01. The molecule has 4 heterocycles. The van der Waals surface area contributed by atoms with Crippen LogP contribution in [-0.4, -0.2) is 60.7 Å². The van der Waals surface area contributed by atoms with Gasteiger partial charge in [0.15, 0.2) is 17.3 Å². The number of nitrogens with zero attached hydrogens (tertiary/aromatic N) is 3. The van der Waals surface area contributed by atoms with E-state index in [1.807, 2.05) is 23.1 Å². The van der Waals surface area contributed by atoms with Crippen molar-refractivity contribution in [3.63, 3.8) is 0 Å². The molecule has 8 nitrogen and oxygen atoms in total.